The maximum atomic E-state index is 4.17. The van der Waals surface area contributed by atoms with Crippen LogP contribution in [0.2, 0.25) is 0 Å². The second-order valence-corrected chi connectivity index (χ2v) is 3.30. The number of hydrogen-bond donors (Lipinski definition) is 0. The molecule has 0 unspecified atom stereocenters. The van der Waals surface area contributed by atoms with Gasteiger partial charge in [0.05, 0.1) is 0 Å². The first-order chi connectivity index (χ1) is 7.36. The van der Waals surface area contributed by atoms with Gasteiger partial charge < -0.3 is 0 Å². The van der Waals surface area contributed by atoms with Crippen LogP contribution >= 0.6 is 0 Å². The predicted molar refractivity (Wildman–Crippen MR) is 56.2 cm³/mol. The lowest BCUT2D eigenvalue weighted by Crippen LogP contribution is -2.00. The number of rotatable bonds is 3. The van der Waals surface area contributed by atoms with E-state index in [9.17, 15) is 0 Å². The Morgan fingerprint density at radius 3 is 2.60 bits per heavy atom. The summed E-state index contributed by atoms with van der Waals surface area (Å²) in [7, 11) is 0. The van der Waals surface area contributed by atoms with Crippen molar-refractivity contribution in [3.63, 3.8) is 0 Å². The second kappa shape index (κ2) is 4.59. The largest absolute Gasteiger partial charge is 0.245 e. The molecule has 76 valence electrons. The first-order valence-corrected chi connectivity index (χ1v) is 4.87. The van der Waals surface area contributed by atoms with Crippen LogP contribution in [0.25, 0.3) is 0 Å². The van der Waals surface area contributed by atoms with E-state index in [2.05, 4.69) is 19.9 Å². The van der Waals surface area contributed by atoms with Gasteiger partial charge in [-0.3, -0.25) is 0 Å². The van der Waals surface area contributed by atoms with Crippen LogP contribution in [0.15, 0.2) is 31.0 Å². The highest BCUT2D eigenvalue weighted by molar-refractivity contribution is 5.15. The van der Waals surface area contributed by atoms with Crippen molar-refractivity contribution >= 4 is 0 Å². The average Bonchev–Trinajstić information content (AvgIpc) is 2.29. The monoisotopic (exact) mass is 200 g/mol. The standard InChI is InChI=1S/C11H12N4/c1-9-10(7-12-8-15-9)3-4-11-13-5-2-6-14-11/h2,5-8H,3-4H2,1H3. The van der Waals surface area contributed by atoms with Gasteiger partial charge in [0.2, 0.25) is 0 Å². The van der Waals surface area contributed by atoms with Crippen LogP contribution in [-0.2, 0) is 12.8 Å². The highest BCUT2D eigenvalue weighted by atomic mass is 14.9. The van der Waals surface area contributed by atoms with Crippen molar-refractivity contribution in [1.29, 1.82) is 0 Å². The zero-order valence-corrected chi connectivity index (χ0v) is 8.59. The van der Waals surface area contributed by atoms with Gasteiger partial charge in [0.15, 0.2) is 0 Å². The van der Waals surface area contributed by atoms with Gasteiger partial charge >= 0.3 is 0 Å². The molecule has 0 aliphatic heterocycles. The molecular formula is C11H12N4. The van der Waals surface area contributed by atoms with Crippen LogP contribution < -0.4 is 0 Å². The van der Waals surface area contributed by atoms with Crippen molar-refractivity contribution in [2.75, 3.05) is 0 Å². The number of aromatic nitrogens is 4. The van der Waals surface area contributed by atoms with Crippen LogP contribution in [-0.4, -0.2) is 19.9 Å². The van der Waals surface area contributed by atoms with E-state index in [1.807, 2.05) is 19.2 Å². The quantitative estimate of drug-likeness (QED) is 0.750. The first-order valence-electron chi connectivity index (χ1n) is 4.87. The van der Waals surface area contributed by atoms with E-state index in [1.165, 1.54) is 0 Å². The van der Waals surface area contributed by atoms with E-state index < -0.39 is 0 Å². The zero-order chi connectivity index (χ0) is 10.5. The molecule has 0 spiro atoms. The molecule has 0 fully saturated rings. The fourth-order valence-corrected chi connectivity index (χ4v) is 1.37. The van der Waals surface area contributed by atoms with E-state index in [1.54, 1.807) is 18.7 Å². The molecule has 2 aromatic heterocycles. The molecule has 0 atom stereocenters. The molecular weight excluding hydrogens is 188 g/mol. The minimum absolute atomic E-state index is 0.828. The third-order valence-electron chi connectivity index (χ3n) is 2.25. The topological polar surface area (TPSA) is 51.6 Å². The van der Waals surface area contributed by atoms with E-state index in [-0.39, 0.29) is 0 Å². The molecule has 0 saturated heterocycles. The predicted octanol–water partition coefficient (Wildman–Crippen LogP) is 1.36. The second-order valence-electron chi connectivity index (χ2n) is 3.30. The summed E-state index contributed by atoms with van der Waals surface area (Å²) in [6, 6.07) is 1.82. The van der Waals surface area contributed by atoms with Crippen LogP contribution in [0.4, 0.5) is 0 Å². The van der Waals surface area contributed by atoms with Crippen molar-refractivity contribution in [3.8, 4) is 0 Å². The SMILES string of the molecule is Cc1ncncc1CCc1ncccn1. The van der Waals surface area contributed by atoms with Crippen molar-refractivity contribution < 1.29 is 0 Å². The van der Waals surface area contributed by atoms with E-state index in [4.69, 9.17) is 0 Å². The maximum absolute atomic E-state index is 4.17. The molecule has 0 aliphatic rings. The van der Waals surface area contributed by atoms with E-state index in [0.717, 1.165) is 29.9 Å². The molecule has 0 aromatic carbocycles. The molecule has 4 nitrogen and oxygen atoms in total. The Morgan fingerprint density at radius 2 is 1.87 bits per heavy atom. The Kier molecular flexibility index (Phi) is 2.97. The molecule has 4 heteroatoms. The molecule has 0 aliphatic carbocycles. The van der Waals surface area contributed by atoms with Gasteiger partial charge in [-0.05, 0) is 25.0 Å². The molecule has 0 saturated carbocycles. The minimum atomic E-state index is 0.828. The average molecular weight is 200 g/mol. The highest BCUT2D eigenvalue weighted by Gasteiger charge is 2.01. The summed E-state index contributed by atoms with van der Waals surface area (Å²) in [5.74, 6) is 0.862. The summed E-state index contributed by atoms with van der Waals surface area (Å²) < 4.78 is 0. The summed E-state index contributed by atoms with van der Waals surface area (Å²) in [6.45, 7) is 1.99. The number of hydrogen-bond acceptors (Lipinski definition) is 4. The zero-order valence-electron chi connectivity index (χ0n) is 8.59. The Balaban J connectivity index is 2.03. The van der Waals surface area contributed by atoms with E-state index in [0.29, 0.717) is 0 Å². The van der Waals surface area contributed by atoms with Crippen LogP contribution in [0.1, 0.15) is 17.1 Å². The Hall–Kier alpha value is -1.84. The maximum Gasteiger partial charge on any atom is 0.128 e. The van der Waals surface area contributed by atoms with Gasteiger partial charge in [-0.2, -0.15) is 0 Å². The summed E-state index contributed by atoms with van der Waals surface area (Å²) in [5, 5.41) is 0. The third-order valence-corrected chi connectivity index (χ3v) is 2.25. The Morgan fingerprint density at radius 1 is 1.07 bits per heavy atom. The first kappa shape index (κ1) is 9.71. The summed E-state index contributed by atoms with van der Waals surface area (Å²) >= 11 is 0. The number of nitrogens with zero attached hydrogens (tertiary/aromatic N) is 4. The molecule has 15 heavy (non-hydrogen) atoms. The summed E-state index contributed by atoms with van der Waals surface area (Å²) in [4.78, 5) is 16.5. The summed E-state index contributed by atoms with van der Waals surface area (Å²) in [5.41, 5.74) is 2.19. The normalized spacial score (nSPS) is 10.2. The Labute approximate surface area is 88.5 Å². The molecule has 0 amide bonds. The van der Waals surface area contributed by atoms with Gasteiger partial charge in [-0.15, -0.1) is 0 Å². The molecule has 0 bridgehead atoms. The molecule has 2 heterocycles. The molecule has 0 N–H and O–H groups in total. The van der Waals surface area contributed by atoms with Gasteiger partial charge in [-0.1, -0.05) is 0 Å². The smallest absolute Gasteiger partial charge is 0.128 e. The number of aryl methyl sites for hydroxylation is 3. The van der Waals surface area contributed by atoms with Crippen molar-refractivity contribution in [1.82, 2.24) is 19.9 Å². The van der Waals surface area contributed by atoms with Crippen molar-refractivity contribution in [3.05, 3.63) is 48.1 Å². The Bertz CT molecular complexity index is 428. The van der Waals surface area contributed by atoms with Crippen LogP contribution in [0.3, 0.4) is 0 Å². The van der Waals surface area contributed by atoms with Crippen LogP contribution in [0.5, 0.6) is 0 Å². The van der Waals surface area contributed by atoms with Crippen molar-refractivity contribution in [2.24, 2.45) is 0 Å². The lowest BCUT2D eigenvalue weighted by atomic mass is 10.1. The highest BCUT2D eigenvalue weighted by Crippen LogP contribution is 2.05. The third kappa shape index (κ3) is 2.56. The molecule has 0 radical (unpaired) electrons. The van der Waals surface area contributed by atoms with Crippen LogP contribution in [0, 0.1) is 6.92 Å². The van der Waals surface area contributed by atoms with E-state index >= 15 is 0 Å². The fourth-order valence-electron chi connectivity index (χ4n) is 1.37. The van der Waals surface area contributed by atoms with Gasteiger partial charge in [-0.25, -0.2) is 19.9 Å². The van der Waals surface area contributed by atoms with Gasteiger partial charge in [0.25, 0.3) is 0 Å². The van der Waals surface area contributed by atoms with Gasteiger partial charge in [0.1, 0.15) is 12.2 Å². The summed E-state index contributed by atoms with van der Waals surface area (Å²) in [6.07, 6.45) is 8.65. The molecule has 2 rings (SSSR count). The van der Waals surface area contributed by atoms with Gasteiger partial charge in [0, 0.05) is 30.7 Å². The lowest BCUT2D eigenvalue weighted by Gasteiger charge is -2.02. The fraction of sp³-hybridized carbons (Fsp3) is 0.273. The van der Waals surface area contributed by atoms with Crippen molar-refractivity contribution in [2.45, 2.75) is 19.8 Å². The lowest BCUT2D eigenvalue weighted by molar-refractivity contribution is 0.838. The molecule has 2 aromatic rings. The minimum Gasteiger partial charge on any atom is -0.245 e.